The second-order valence-electron chi connectivity index (χ2n) is 7.11. The molecule has 3 aromatic carbocycles. The number of benzene rings is 3. The summed E-state index contributed by atoms with van der Waals surface area (Å²) in [6.07, 6.45) is 1.50. The molecule has 1 aliphatic rings. The molecule has 1 N–H and O–H groups in total. The SMILES string of the molecule is CC1Cc2ccccc2N1CCC(=O)Nc1ccc(Oc2ccccc2)cc1. The molecular formula is C24H24N2O2. The molecule has 28 heavy (non-hydrogen) atoms. The van der Waals surface area contributed by atoms with Crippen molar-refractivity contribution in [2.75, 3.05) is 16.8 Å². The van der Waals surface area contributed by atoms with E-state index in [1.54, 1.807) is 0 Å². The highest BCUT2D eigenvalue weighted by atomic mass is 16.5. The molecule has 0 fully saturated rings. The van der Waals surface area contributed by atoms with Gasteiger partial charge in [0, 0.05) is 30.4 Å². The smallest absolute Gasteiger partial charge is 0.226 e. The molecule has 142 valence electrons. The first-order chi connectivity index (χ1) is 13.7. The third-order valence-electron chi connectivity index (χ3n) is 5.05. The number of ether oxygens (including phenoxy) is 1. The first-order valence-electron chi connectivity index (χ1n) is 9.66. The number of hydrogen-bond donors (Lipinski definition) is 1. The van der Waals surface area contributed by atoms with E-state index in [0.717, 1.165) is 30.2 Å². The predicted molar refractivity (Wildman–Crippen MR) is 113 cm³/mol. The van der Waals surface area contributed by atoms with Gasteiger partial charge >= 0.3 is 0 Å². The van der Waals surface area contributed by atoms with Gasteiger partial charge in [0.15, 0.2) is 0 Å². The van der Waals surface area contributed by atoms with E-state index in [4.69, 9.17) is 4.74 Å². The lowest BCUT2D eigenvalue weighted by molar-refractivity contribution is -0.116. The van der Waals surface area contributed by atoms with Crippen LogP contribution in [0.2, 0.25) is 0 Å². The van der Waals surface area contributed by atoms with E-state index >= 15 is 0 Å². The highest BCUT2D eigenvalue weighted by molar-refractivity contribution is 5.91. The Morgan fingerprint density at radius 2 is 1.64 bits per heavy atom. The van der Waals surface area contributed by atoms with E-state index < -0.39 is 0 Å². The van der Waals surface area contributed by atoms with Crippen molar-refractivity contribution < 1.29 is 9.53 Å². The molecule has 1 aliphatic heterocycles. The monoisotopic (exact) mass is 372 g/mol. The van der Waals surface area contributed by atoms with Gasteiger partial charge in [-0.15, -0.1) is 0 Å². The van der Waals surface area contributed by atoms with Gasteiger partial charge in [0.2, 0.25) is 5.91 Å². The third-order valence-corrected chi connectivity index (χ3v) is 5.05. The molecular weight excluding hydrogens is 348 g/mol. The van der Waals surface area contributed by atoms with Crippen LogP contribution in [0.1, 0.15) is 18.9 Å². The Kier molecular flexibility index (Phi) is 5.29. The summed E-state index contributed by atoms with van der Waals surface area (Å²) in [7, 11) is 0. The number of amides is 1. The minimum absolute atomic E-state index is 0.0216. The summed E-state index contributed by atoms with van der Waals surface area (Å²) >= 11 is 0. The van der Waals surface area contributed by atoms with Crippen LogP contribution in [0.5, 0.6) is 11.5 Å². The summed E-state index contributed by atoms with van der Waals surface area (Å²) in [5, 5.41) is 2.97. The zero-order valence-corrected chi connectivity index (χ0v) is 16.0. The van der Waals surface area contributed by atoms with Gasteiger partial charge in [-0.2, -0.15) is 0 Å². The summed E-state index contributed by atoms with van der Waals surface area (Å²) < 4.78 is 5.78. The lowest BCUT2D eigenvalue weighted by Crippen LogP contribution is -2.32. The second-order valence-corrected chi connectivity index (χ2v) is 7.11. The van der Waals surface area contributed by atoms with Crippen molar-refractivity contribution in [1.82, 2.24) is 0 Å². The number of hydrogen-bond acceptors (Lipinski definition) is 3. The Morgan fingerprint density at radius 3 is 2.43 bits per heavy atom. The lowest BCUT2D eigenvalue weighted by Gasteiger charge is -2.24. The molecule has 0 bridgehead atoms. The fraction of sp³-hybridized carbons (Fsp3) is 0.208. The Morgan fingerprint density at radius 1 is 0.964 bits per heavy atom. The van der Waals surface area contributed by atoms with E-state index in [1.165, 1.54) is 11.3 Å². The third kappa shape index (κ3) is 4.17. The van der Waals surface area contributed by atoms with Gasteiger partial charge in [0.1, 0.15) is 11.5 Å². The number of rotatable bonds is 6. The Bertz CT molecular complexity index is 938. The molecule has 0 saturated heterocycles. The van der Waals surface area contributed by atoms with E-state index in [-0.39, 0.29) is 5.91 Å². The molecule has 4 nitrogen and oxygen atoms in total. The second kappa shape index (κ2) is 8.17. The van der Waals surface area contributed by atoms with Gasteiger partial charge < -0.3 is 15.0 Å². The van der Waals surface area contributed by atoms with Crippen LogP contribution >= 0.6 is 0 Å². The van der Waals surface area contributed by atoms with Crippen LogP contribution in [-0.4, -0.2) is 18.5 Å². The summed E-state index contributed by atoms with van der Waals surface area (Å²) in [6.45, 7) is 2.93. The van der Waals surface area contributed by atoms with Crippen LogP contribution in [0.25, 0.3) is 0 Å². The van der Waals surface area contributed by atoms with Crippen LogP contribution < -0.4 is 15.0 Å². The number of carbonyl (C=O) groups is 1. The highest BCUT2D eigenvalue weighted by Crippen LogP contribution is 2.31. The number of fused-ring (bicyclic) bond motifs is 1. The van der Waals surface area contributed by atoms with Gasteiger partial charge in [-0.25, -0.2) is 0 Å². The van der Waals surface area contributed by atoms with Crippen LogP contribution in [-0.2, 0) is 11.2 Å². The van der Waals surface area contributed by atoms with Gasteiger partial charge in [0.25, 0.3) is 0 Å². The summed E-state index contributed by atoms with van der Waals surface area (Å²) in [4.78, 5) is 14.7. The molecule has 0 aromatic heterocycles. The van der Waals surface area contributed by atoms with E-state index in [2.05, 4.69) is 41.4 Å². The van der Waals surface area contributed by atoms with Crippen molar-refractivity contribution >= 4 is 17.3 Å². The maximum atomic E-state index is 12.4. The van der Waals surface area contributed by atoms with E-state index in [0.29, 0.717) is 12.5 Å². The zero-order chi connectivity index (χ0) is 19.3. The molecule has 0 saturated carbocycles. The predicted octanol–water partition coefficient (Wildman–Crippen LogP) is 5.26. The zero-order valence-electron chi connectivity index (χ0n) is 16.0. The lowest BCUT2D eigenvalue weighted by atomic mass is 10.1. The summed E-state index contributed by atoms with van der Waals surface area (Å²) in [5.74, 6) is 1.55. The highest BCUT2D eigenvalue weighted by Gasteiger charge is 2.25. The van der Waals surface area contributed by atoms with Crippen molar-refractivity contribution in [1.29, 1.82) is 0 Å². The fourth-order valence-electron chi connectivity index (χ4n) is 3.65. The minimum Gasteiger partial charge on any atom is -0.457 e. The molecule has 3 aromatic rings. The average molecular weight is 372 g/mol. The molecule has 0 radical (unpaired) electrons. The first-order valence-corrected chi connectivity index (χ1v) is 9.66. The molecule has 0 aliphatic carbocycles. The molecule has 1 unspecified atom stereocenters. The number of para-hydroxylation sites is 2. The fourth-order valence-corrected chi connectivity index (χ4v) is 3.65. The quantitative estimate of drug-likeness (QED) is 0.642. The Hall–Kier alpha value is -3.27. The number of anilines is 2. The number of nitrogens with one attached hydrogen (secondary N) is 1. The minimum atomic E-state index is 0.0216. The van der Waals surface area contributed by atoms with Crippen molar-refractivity contribution in [2.24, 2.45) is 0 Å². The number of nitrogens with zero attached hydrogens (tertiary/aromatic N) is 1. The first kappa shape index (κ1) is 18.1. The molecule has 4 rings (SSSR count). The Labute approximate surface area is 165 Å². The van der Waals surface area contributed by atoms with Crippen LogP contribution in [0.4, 0.5) is 11.4 Å². The maximum absolute atomic E-state index is 12.4. The van der Waals surface area contributed by atoms with Gasteiger partial charge in [-0.1, -0.05) is 36.4 Å². The Balaban J connectivity index is 1.30. The average Bonchev–Trinajstić information content (AvgIpc) is 3.04. The van der Waals surface area contributed by atoms with Crippen molar-refractivity contribution in [3.63, 3.8) is 0 Å². The summed E-state index contributed by atoms with van der Waals surface area (Å²) in [6, 6.07) is 26.0. The van der Waals surface area contributed by atoms with Crippen LogP contribution in [0.3, 0.4) is 0 Å². The standard InChI is InChI=1S/C24H24N2O2/c1-18-17-19-7-5-6-10-23(19)26(18)16-15-24(27)25-20-11-13-22(14-12-20)28-21-8-3-2-4-9-21/h2-14,18H,15-17H2,1H3,(H,25,27). The van der Waals surface area contributed by atoms with Crippen molar-refractivity contribution in [3.05, 3.63) is 84.4 Å². The van der Waals surface area contributed by atoms with E-state index in [1.807, 2.05) is 54.6 Å². The molecule has 0 spiro atoms. The summed E-state index contributed by atoms with van der Waals surface area (Å²) in [5.41, 5.74) is 3.40. The molecule has 1 atom stereocenters. The molecule has 1 heterocycles. The van der Waals surface area contributed by atoms with Gasteiger partial charge in [0.05, 0.1) is 0 Å². The topological polar surface area (TPSA) is 41.6 Å². The van der Waals surface area contributed by atoms with Gasteiger partial charge in [-0.3, -0.25) is 4.79 Å². The van der Waals surface area contributed by atoms with Crippen molar-refractivity contribution in [3.8, 4) is 11.5 Å². The van der Waals surface area contributed by atoms with E-state index in [9.17, 15) is 4.79 Å². The van der Waals surface area contributed by atoms with Crippen LogP contribution in [0, 0.1) is 0 Å². The van der Waals surface area contributed by atoms with Crippen molar-refractivity contribution in [2.45, 2.75) is 25.8 Å². The van der Waals surface area contributed by atoms with Gasteiger partial charge in [-0.05, 0) is 61.4 Å². The molecule has 4 heteroatoms. The normalized spacial score (nSPS) is 15.2. The maximum Gasteiger partial charge on any atom is 0.226 e. The largest absolute Gasteiger partial charge is 0.457 e. The number of carbonyl (C=O) groups excluding carboxylic acids is 1. The molecule has 1 amide bonds. The van der Waals surface area contributed by atoms with Crippen LogP contribution in [0.15, 0.2) is 78.9 Å².